The van der Waals surface area contributed by atoms with Gasteiger partial charge in [0.2, 0.25) is 11.8 Å². The van der Waals surface area contributed by atoms with Gasteiger partial charge < -0.3 is 25.0 Å². The fraction of sp³-hybridized carbons (Fsp3) is 0.423. The minimum absolute atomic E-state index is 0.117. The second-order valence-electron chi connectivity index (χ2n) is 8.92. The molecule has 1 aliphatic heterocycles. The summed E-state index contributed by atoms with van der Waals surface area (Å²) in [7, 11) is 3.04. The van der Waals surface area contributed by atoms with E-state index in [1.54, 1.807) is 29.2 Å². The first-order chi connectivity index (χ1) is 16.4. The van der Waals surface area contributed by atoms with Gasteiger partial charge in [-0.05, 0) is 49.6 Å². The molecule has 8 nitrogen and oxygen atoms in total. The van der Waals surface area contributed by atoms with Crippen LogP contribution < -0.4 is 20.1 Å². The smallest absolute Gasteiger partial charge is 0.255 e. The van der Waals surface area contributed by atoms with Gasteiger partial charge >= 0.3 is 0 Å². The van der Waals surface area contributed by atoms with Crippen LogP contribution in [0, 0.1) is 6.92 Å². The van der Waals surface area contributed by atoms with Crippen molar-refractivity contribution < 1.29 is 23.9 Å². The summed E-state index contributed by atoms with van der Waals surface area (Å²) in [5, 5.41) is 5.93. The Kier molecular flexibility index (Phi) is 7.05. The van der Waals surface area contributed by atoms with Crippen LogP contribution in [0.3, 0.4) is 0 Å². The number of benzene rings is 2. The molecule has 2 aromatic rings. The molecule has 0 radical (unpaired) electrons. The molecular formula is C26H31N3O5. The largest absolute Gasteiger partial charge is 0.497 e. The minimum Gasteiger partial charge on any atom is -0.497 e. The maximum Gasteiger partial charge on any atom is 0.255 e. The van der Waals surface area contributed by atoms with Crippen LogP contribution in [0.25, 0.3) is 0 Å². The van der Waals surface area contributed by atoms with Crippen LogP contribution >= 0.6 is 0 Å². The number of amides is 3. The maximum atomic E-state index is 13.8. The van der Waals surface area contributed by atoms with Crippen molar-refractivity contribution in [3.8, 4) is 11.5 Å². The van der Waals surface area contributed by atoms with Gasteiger partial charge in [0, 0.05) is 23.4 Å². The van der Waals surface area contributed by atoms with E-state index in [0.717, 1.165) is 31.2 Å². The van der Waals surface area contributed by atoms with Crippen LogP contribution in [-0.4, -0.2) is 55.0 Å². The zero-order chi connectivity index (χ0) is 24.2. The van der Waals surface area contributed by atoms with Gasteiger partial charge in [-0.3, -0.25) is 14.4 Å². The lowest BCUT2D eigenvalue weighted by atomic mass is 9.84. The summed E-state index contributed by atoms with van der Waals surface area (Å²) in [4.78, 5) is 41.5. The Bertz CT molecular complexity index is 1060. The van der Waals surface area contributed by atoms with Crippen LogP contribution in [0.2, 0.25) is 0 Å². The Hall–Kier alpha value is -3.55. The fourth-order valence-electron chi connectivity index (χ4n) is 4.92. The van der Waals surface area contributed by atoms with Gasteiger partial charge in [-0.15, -0.1) is 0 Å². The van der Waals surface area contributed by atoms with E-state index in [1.165, 1.54) is 14.2 Å². The predicted octanol–water partition coefficient (Wildman–Crippen LogP) is 3.29. The topological polar surface area (TPSA) is 97.0 Å². The third kappa shape index (κ3) is 5.00. The van der Waals surface area contributed by atoms with Gasteiger partial charge in [0.1, 0.15) is 17.5 Å². The molecule has 0 aromatic heterocycles. The van der Waals surface area contributed by atoms with Gasteiger partial charge in [-0.1, -0.05) is 25.0 Å². The molecule has 3 atom stereocenters. The number of anilines is 1. The SMILES string of the molecule is COc1cc(OC)cc(C(=O)N2[C@H](CC(=O)Nc3cccc(C)c3)C(=O)N[C@H]3CCCC[C@@H]32)c1. The zero-order valence-corrected chi connectivity index (χ0v) is 19.8. The third-order valence-corrected chi connectivity index (χ3v) is 6.57. The molecule has 1 saturated heterocycles. The Labute approximate surface area is 199 Å². The number of rotatable bonds is 6. The number of methoxy groups -OCH3 is 2. The molecule has 2 N–H and O–H groups in total. The molecule has 2 fully saturated rings. The Morgan fingerprint density at radius 2 is 1.76 bits per heavy atom. The molecule has 4 rings (SSSR count). The van der Waals surface area contributed by atoms with Crippen molar-refractivity contribution in [2.24, 2.45) is 0 Å². The number of fused-ring (bicyclic) bond motifs is 1. The molecule has 0 spiro atoms. The van der Waals surface area contributed by atoms with Crippen LogP contribution in [0.1, 0.15) is 48.0 Å². The molecule has 1 heterocycles. The zero-order valence-electron chi connectivity index (χ0n) is 19.8. The fourth-order valence-corrected chi connectivity index (χ4v) is 4.92. The first-order valence-corrected chi connectivity index (χ1v) is 11.6. The number of carbonyl (C=O) groups excluding carboxylic acids is 3. The highest BCUT2D eigenvalue weighted by Crippen LogP contribution is 2.32. The monoisotopic (exact) mass is 465 g/mol. The molecule has 8 heteroatoms. The number of hydrogen-bond acceptors (Lipinski definition) is 5. The minimum atomic E-state index is -0.908. The van der Waals surface area contributed by atoms with Crippen molar-refractivity contribution in [1.29, 1.82) is 0 Å². The first-order valence-electron chi connectivity index (χ1n) is 11.6. The van der Waals surface area contributed by atoms with Crippen molar-refractivity contribution in [3.63, 3.8) is 0 Å². The average Bonchev–Trinajstić information content (AvgIpc) is 2.83. The molecule has 1 saturated carbocycles. The van der Waals surface area contributed by atoms with Gasteiger partial charge in [0.05, 0.1) is 26.7 Å². The highest BCUT2D eigenvalue weighted by atomic mass is 16.5. The number of piperazine rings is 1. The normalized spacial score (nSPS) is 21.8. The van der Waals surface area contributed by atoms with Crippen LogP contribution in [-0.2, 0) is 9.59 Å². The molecule has 0 bridgehead atoms. The summed E-state index contributed by atoms with van der Waals surface area (Å²) in [5.41, 5.74) is 2.04. The average molecular weight is 466 g/mol. The third-order valence-electron chi connectivity index (χ3n) is 6.57. The molecular weight excluding hydrogens is 434 g/mol. The summed E-state index contributed by atoms with van der Waals surface area (Å²) in [6.45, 7) is 1.94. The standard InChI is InChI=1S/C26H31N3O5/c1-16-7-6-8-18(11-16)27-24(30)15-23-25(31)28-21-9-4-5-10-22(21)29(23)26(32)17-12-19(33-2)14-20(13-17)34-3/h6-8,11-14,21-23H,4-5,9-10,15H2,1-3H3,(H,27,30)(H,28,31)/t21-,22-,23+/m0/s1. The van der Waals surface area contributed by atoms with Gasteiger partial charge in [-0.2, -0.15) is 0 Å². The Morgan fingerprint density at radius 1 is 1.06 bits per heavy atom. The highest BCUT2D eigenvalue weighted by molar-refractivity contribution is 6.02. The van der Waals surface area contributed by atoms with E-state index in [9.17, 15) is 14.4 Å². The van der Waals surface area contributed by atoms with Crippen molar-refractivity contribution in [2.45, 2.75) is 57.2 Å². The summed E-state index contributed by atoms with van der Waals surface area (Å²) in [5.74, 6) is 0.0419. The number of ether oxygens (including phenoxy) is 2. The van der Waals surface area contributed by atoms with Crippen molar-refractivity contribution >= 4 is 23.4 Å². The Morgan fingerprint density at radius 3 is 2.44 bits per heavy atom. The van der Waals surface area contributed by atoms with Crippen LogP contribution in [0.4, 0.5) is 5.69 Å². The lowest BCUT2D eigenvalue weighted by Crippen LogP contribution is -2.68. The van der Waals surface area contributed by atoms with Gasteiger partial charge in [0.15, 0.2) is 0 Å². The van der Waals surface area contributed by atoms with Gasteiger partial charge in [-0.25, -0.2) is 0 Å². The number of aryl methyl sites for hydroxylation is 1. The van der Waals surface area contributed by atoms with E-state index >= 15 is 0 Å². The molecule has 3 amide bonds. The van der Waals surface area contributed by atoms with E-state index in [4.69, 9.17) is 9.47 Å². The summed E-state index contributed by atoms with van der Waals surface area (Å²) >= 11 is 0. The maximum absolute atomic E-state index is 13.8. The van der Waals surface area contributed by atoms with E-state index in [-0.39, 0.29) is 36.2 Å². The molecule has 2 aliphatic rings. The molecule has 34 heavy (non-hydrogen) atoms. The van der Waals surface area contributed by atoms with Crippen molar-refractivity contribution in [2.75, 3.05) is 19.5 Å². The van der Waals surface area contributed by atoms with Crippen LogP contribution in [0.5, 0.6) is 11.5 Å². The first kappa shape index (κ1) is 23.6. The summed E-state index contributed by atoms with van der Waals surface area (Å²) < 4.78 is 10.7. The number of nitrogens with zero attached hydrogens (tertiary/aromatic N) is 1. The van der Waals surface area contributed by atoms with E-state index in [0.29, 0.717) is 22.7 Å². The van der Waals surface area contributed by atoms with E-state index in [1.807, 2.05) is 25.1 Å². The van der Waals surface area contributed by atoms with Crippen molar-refractivity contribution in [3.05, 3.63) is 53.6 Å². The number of hydrogen-bond donors (Lipinski definition) is 2. The van der Waals surface area contributed by atoms with E-state index in [2.05, 4.69) is 10.6 Å². The second-order valence-corrected chi connectivity index (χ2v) is 8.92. The quantitative estimate of drug-likeness (QED) is 0.682. The van der Waals surface area contributed by atoms with Gasteiger partial charge in [0.25, 0.3) is 5.91 Å². The lowest BCUT2D eigenvalue weighted by Gasteiger charge is -2.48. The van der Waals surface area contributed by atoms with Crippen LogP contribution in [0.15, 0.2) is 42.5 Å². The summed E-state index contributed by atoms with van der Waals surface area (Å²) in [6, 6.07) is 11.2. The number of carbonyl (C=O) groups is 3. The Balaban J connectivity index is 1.64. The lowest BCUT2D eigenvalue weighted by molar-refractivity contribution is -0.135. The highest BCUT2D eigenvalue weighted by Gasteiger charge is 2.46. The summed E-state index contributed by atoms with van der Waals surface area (Å²) in [6.07, 6.45) is 3.41. The molecule has 1 aliphatic carbocycles. The molecule has 2 aromatic carbocycles. The second kappa shape index (κ2) is 10.2. The molecule has 0 unspecified atom stereocenters. The number of nitrogens with one attached hydrogen (secondary N) is 2. The molecule has 180 valence electrons. The predicted molar refractivity (Wildman–Crippen MR) is 128 cm³/mol. The van der Waals surface area contributed by atoms with E-state index < -0.39 is 6.04 Å². The van der Waals surface area contributed by atoms with Crippen molar-refractivity contribution in [1.82, 2.24) is 10.2 Å².